The van der Waals surface area contributed by atoms with Crippen molar-refractivity contribution < 1.29 is 54.2 Å². The molecule has 0 bridgehead atoms. The molecule has 1 unspecified atom stereocenters. The highest BCUT2D eigenvalue weighted by atomic mass is 19.4. The second kappa shape index (κ2) is 9.08. The zero-order valence-electron chi connectivity index (χ0n) is 18.3. The summed E-state index contributed by atoms with van der Waals surface area (Å²) in [5.74, 6) is -8.95. The van der Waals surface area contributed by atoms with Crippen molar-refractivity contribution in [2.24, 2.45) is 0 Å². The van der Waals surface area contributed by atoms with Gasteiger partial charge < -0.3 is 10.4 Å². The maximum Gasteiger partial charge on any atom is 0.457 e. The highest BCUT2D eigenvalue weighted by Crippen LogP contribution is 2.58. The third-order valence-corrected chi connectivity index (χ3v) is 5.33. The second-order valence-corrected chi connectivity index (χ2v) is 7.70. The molecule has 0 aromatic heterocycles. The molecule has 2 rings (SSSR count). The standard InChI is InChI=1S/C22H18F9NO3/c1-4-12-9-14(19(23,21(26,27)28)20(24,25)22(29,30)31)8-11(3)16(12)32-17(33)13-5-6-15(18(34)35)10(2)7-13/h5-9H,4H2,1-3H3,(H,32,33)(H,34,35). The quantitative estimate of drug-likeness (QED) is 0.419. The van der Waals surface area contributed by atoms with Crippen molar-refractivity contribution in [1.29, 1.82) is 0 Å². The van der Waals surface area contributed by atoms with Gasteiger partial charge in [-0.05, 0) is 61.2 Å². The summed E-state index contributed by atoms with van der Waals surface area (Å²) in [5.41, 5.74) is -9.01. The van der Waals surface area contributed by atoms with Gasteiger partial charge in [-0.3, -0.25) is 4.79 Å². The van der Waals surface area contributed by atoms with Crippen LogP contribution in [-0.4, -0.2) is 35.3 Å². The topological polar surface area (TPSA) is 66.4 Å². The molecule has 192 valence electrons. The Morgan fingerprint density at radius 3 is 1.86 bits per heavy atom. The molecule has 2 N–H and O–H groups in total. The fourth-order valence-corrected chi connectivity index (χ4v) is 3.47. The summed E-state index contributed by atoms with van der Waals surface area (Å²) in [6.45, 7) is 3.70. The van der Waals surface area contributed by atoms with Crippen molar-refractivity contribution in [3.63, 3.8) is 0 Å². The number of anilines is 1. The van der Waals surface area contributed by atoms with Crippen LogP contribution in [0.5, 0.6) is 0 Å². The summed E-state index contributed by atoms with van der Waals surface area (Å²) in [5, 5.41) is 11.4. The lowest BCUT2D eigenvalue weighted by Crippen LogP contribution is -2.59. The first kappa shape index (κ1) is 28.0. The van der Waals surface area contributed by atoms with E-state index in [0.717, 1.165) is 19.1 Å². The monoisotopic (exact) mass is 515 g/mol. The number of aryl methyl sites for hydroxylation is 3. The number of carboxylic acid groups (broad SMARTS) is 1. The maximum atomic E-state index is 14.9. The number of nitrogens with one attached hydrogen (secondary N) is 1. The molecule has 1 amide bonds. The first-order valence-corrected chi connectivity index (χ1v) is 9.79. The second-order valence-electron chi connectivity index (χ2n) is 7.70. The minimum atomic E-state index is -6.86. The average molecular weight is 515 g/mol. The van der Waals surface area contributed by atoms with Crippen molar-refractivity contribution >= 4 is 17.6 Å². The number of carbonyl (C=O) groups excluding carboxylic acids is 1. The molecule has 0 heterocycles. The van der Waals surface area contributed by atoms with E-state index in [1.54, 1.807) is 0 Å². The Morgan fingerprint density at radius 2 is 1.43 bits per heavy atom. The summed E-state index contributed by atoms with van der Waals surface area (Å²) in [6, 6.07) is 3.84. The Labute approximate surface area is 192 Å². The van der Waals surface area contributed by atoms with Gasteiger partial charge in [-0.15, -0.1) is 0 Å². The normalized spacial score (nSPS) is 14.4. The third-order valence-electron chi connectivity index (χ3n) is 5.33. The van der Waals surface area contributed by atoms with Gasteiger partial charge in [-0.2, -0.15) is 35.1 Å². The largest absolute Gasteiger partial charge is 0.478 e. The lowest BCUT2D eigenvalue weighted by Gasteiger charge is -2.36. The highest BCUT2D eigenvalue weighted by molar-refractivity contribution is 6.06. The van der Waals surface area contributed by atoms with Gasteiger partial charge in [0.2, 0.25) is 0 Å². The Hall–Kier alpha value is -3.25. The fraction of sp³-hybridized carbons (Fsp3) is 0.364. The van der Waals surface area contributed by atoms with E-state index in [2.05, 4.69) is 5.32 Å². The number of amides is 1. The van der Waals surface area contributed by atoms with Gasteiger partial charge in [0, 0.05) is 16.8 Å². The Kier molecular flexibility index (Phi) is 7.26. The van der Waals surface area contributed by atoms with Crippen LogP contribution in [0.4, 0.5) is 45.2 Å². The maximum absolute atomic E-state index is 14.9. The van der Waals surface area contributed by atoms with Crippen molar-refractivity contribution in [2.75, 3.05) is 5.32 Å². The molecule has 0 aliphatic heterocycles. The van der Waals surface area contributed by atoms with E-state index in [-0.39, 0.29) is 46.5 Å². The molecule has 0 saturated carbocycles. The van der Waals surface area contributed by atoms with Crippen LogP contribution in [0.3, 0.4) is 0 Å². The van der Waals surface area contributed by atoms with E-state index < -0.39 is 46.9 Å². The lowest BCUT2D eigenvalue weighted by atomic mass is 9.85. The molecule has 2 aromatic carbocycles. The first-order chi connectivity index (χ1) is 15.8. The summed E-state index contributed by atoms with van der Waals surface area (Å²) in [4.78, 5) is 23.7. The SMILES string of the molecule is CCc1cc(C(F)(C(F)(F)F)C(F)(F)C(F)(F)F)cc(C)c1NC(=O)c1ccc(C(=O)O)c(C)c1. The van der Waals surface area contributed by atoms with E-state index in [1.165, 1.54) is 19.9 Å². The number of alkyl halides is 9. The van der Waals surface area contributed by atoms with E-state index in [4.69, 9.17) is 5.11 Å². The molecule has 0 radical (unpaired) electrons. The minimum absolute atomic E-state index is 0.0724. The molecule has 0 saturated heterocycles. The minimum Gasteiger partial charge on any atom is -0.478 e. The fourth-order valence-electron chi connectivity index (χ4n) is 3.47. The Bertz CT molecular complexity index is 1160. The average Bonchev–Trinajstić information content (AvgIpc) is 2.71. The van der Waals surface area contributed by atoms with Gasteiger partial charge in [0.15, 0.2) is 0 Å². The molecule has 0 aliphatic rings. The molecule has 0 spiro atoms. The summed E-state index contributed by atoms with van der Waals surface area (Å²) >= 11 is 0. The first-order valence-electron chi connectivity index (χ1n) is 9.79. The summed E-state index contributed by atoms with van der Waals surface area (Å²) in [6.07, 6.45) is -13.8. The zero-order valence-corrected chi connectivity index (χ0v) is 18.3. The van der Waals surface area contributed by atoms with Crippen LogP contribution in [0, 0.1) is 13.8 Å². The van der Waals surface area contributed by atoms with Crippen LogP contribution in [0.1, 0.15) is 49.9 Å². The summed E-state index contributed by atoms with van der Waals surface area (Å²) in [7, 11) is 0. The van der Waals surface area contributed by atoms with Crippen molar-refractivity contribution in [1.82, 2.24) is 0 Å². The van der Waals surface area contributed by atoms with E-state index >= 15 is 0 Å². The van der Waals surface area contributed by atoms with Crippen LogP contribution in [0.2, 0.25) is 0 Å². The molecule has 35 heavy (non-hydrogen) atoms. The van der Waals surface area contributed by atoms with Gasteiger partial charge in [0.25, 0.3) is 5.91 Å². The number of halogens is 9. The van der Waals surface area contributed by atoms with Crippen molar-refractivity contribution in [2.45, 2.75) is 51.1 Å². The number of hydrogen-bond acceptors (Lipinski definition) is 2. The van der Waals surface area contributed by atoms with Gasteiger partial charge in [0.1, 0.15) is 0 Å². The molecular formula is C22H18F9NO3. The molecular weight excluding hydrogens is 497 g/mol. The van der Waals surface area contributed by atoms with Crippen LogP contribution in [0.25, 0.3) is 0 Å². The van der Waals surface area contributed by atoms with Crippen molar-refractivity contribution in [3.8, 4) is 0 Å². The molecule has 1 atom stereocenters. The number of hydrogen-bond donors (Lipinski definition) is 2. The van der Waals surface area contributed by atoms with Gasteiger partial charge in [-0.25, -0.2) is 9.18 Å². The zero-order chi connectivity index (χ0) is 27.1. The molecule has 0 aliphatic carbocycles. The molecule has 2 aromatic rings. The smallest absolute Gasteiger partial charge is 0.457 e. The van der Waals surface area contributed by atoms with Gasteiger partial charge in [0.05, 0.1) is 5.56 Å². The summed E-state index contributed by atoms with van der Waals surface area (Å²) < 4.78 is 121. The highest BCUT2D eigenvalue weighted by Gasteiger charge is 2.81. The number of carboxylic acids is 1. The number of rotatable bonds is 6. The predicted octanol–water partition coefficient (Wildman–Crippen LogP) is 6.74. The van der Waals surface area contributed by atoms with Crippen LogP contribution in [-0.2, 0) is 12.1 Å². The predicted molar refractivity (Wildman–Crippen MR) is 106 cm³/mol. The van der Waals surface area contributed by atoms with Crippen LogP contribution in [0.15, 0.2) is 30.3 Å². The molecule has 13 heteroatoms. The number of benzene rings is 2. The van der Waals surface area contributed by atoms with Crippen LogP contribution >= 0.6 is 0 Å². The molecule has 0 fully saturated rings. The van der Waals surface area contributed by atoms with E-state index in [0.29, 0.717) is 0 Å². The van der Waals surface area contributed by atoms with E-state index in [1.807, 2.05) is 0 Å². The number of carbonyl (C=O) groups is 2. The van der Waals surface area contributed by atoms with E-state index in [9.17, 15) is 49.1 Å². The third kappa shape index (κ3) is 4.80. The lowest BCUT2D eigenvalue weighted by molar-refractivity contribution is -0.389. The Morgan fingerprint density at radius 1 is 0.857 bits per heavy atom. The molecule has 4 nitrogen and oxygen atoms in total. The van der Waals surface area contributed by atoms with Gasteiger partial charge in [-0.1, -0.05) is 13.0 Å². The van der Waals surface area contributed by atoms with Gasteiger partial charge >= 0.3 is 29.9 Å². The Balaban J connectivity index is 2.61. The van der Waals surface area contributed by atoms with Crippen molar-refractivity contribution in [3.05, 3.63) is 63.7 Å². The number of aromatic carboxylic acids is 1. The van der Waals surface area contributed by atoms with Crippen LogP contribution < -0.4 is 5.32 Å².